The highest BCUT2D eigenvalue weighted by atomic mass is 16.5. The number of benzene rings is 1. The van der Waals surface area contributed by atoms with E-state index >= 15 is 0 Å². The first-order valence-electron chi connectivity index (χ1n) is 6.80. The first kappa shape index (κ1) is 5.37. The third kappa shape index (κ3) is 2.85. The van der Waals surface area contributed by atoms with Crippen molar-refractivity contribution in [2.45, 2.75) is 12.4 Å². The summed E-state index contributed by atoms with van der Waals surface area (Å²) in [6.45, 7) is 0. The molecule has 1 rings (SSSR count). The van der Waals surface area contributed by atoms with E-state index in [4.69, 9.17) is 14.0 Å². The predicted octanol–water partition coefficient (Wildman–Crippen LogP) is 0.141. The second-order valence-electron chi connectivity index (χ2n) is 2.48. The third-order valence-electron chi connectivity index (χ3n) is 1.44. The topological polar surface area (TPSA) is 92.8 Å². The number of ether oxygens (including phenoxy) is 1. The van der Waals surface area contributed by atoms with Crippen molar-refractivity contribution in [3.05, 3.63) is 23.7 Å². The Balaban J connectivity index is 3.71. The van der Waals surface area contributed by atoms with E-state index in [2.05, 4.69) is 4.74 Å². The molecule has 0 saturated carbocycles. The molecule has 0 aliphatic carbocycles. The van der Waals surface area contributed by atoms with E-state index in [0.29, 0.717) is 0 Å². The van der Waals surface area contributed by atoms with Crippen LogP contribution in [0.4, 0.5) is 0 Å². The SMILES string of the molecule is [2H]c1c([2H])c(C([2H])([2H])[C@]([2H])(N)C(=O)OC)c([2H])c(O)c1O. The zero-order valence-corrected chi connectivity index (χ0v) is 7.79. The molecule has 5 heteroatoms. The summed E-state index contributed by atoms with van der Waals surface area (Å²) < 4.78 is 50.0. The lowest BCUT2D eigenvalue weighted by atomic mass is 10.1. The Morgan fingerprint density at radius 2 is 2.40 bits per heavy atom. The minimum atomic E-state index is -3.13. The Morgan fingerprint density at radius 1 is 1.73 bits per heavy atom. The van der Waals surface area contributed by atoms with E-state index in [1.54, 1.807) is 0 Å². The molecule has 0 bridgehead atoms. The summed E-state index contributed by atoms with van der Waals surface area (Å²) in [5.41, 5.74) is 4.33. The first-order chi connectivity index (χ1) is 9.41. The standard InChI is InChI=1S/C10H13NO4/c1-15-10(14)7(11)4-6-2-3-8(12)9(13)5-6/h2-3,5,7,12-13H,4,11H2,1H3/t7-/m0/s1/i2D,3D,4D2,5D,7D. The monoisotopic (exact) mass is 217 g/mol. The van der Waals surface area contributed by atoms with Gasteiger partial charge in [-0.3, -0.25) is 4.79 Å². The van der Waals surface area contributed by atoms with Crippen LogP contribution in [0.1, 0.15) is 13.8 Å². The fourth-order valence-electron chi connectivity index (χ4n) is 0.748. The van der Waals surface area contributed by atoms with Gasteiger partial charge in [0.1, 0.15) is 6.02 Å². The highest BCUT2D eigenvalue weighted by Gasteiger charge is 2.14. The van der Waals surface area contributed by atoms with Gasteiger partial charge >= 0.3 is 5.97 Å². The molecule has 0 aromatic heterocycles. The molecule has 0 unspecified atom stereocenters. The number of methoxy groups -OCH3 is 1. The minimum absolute atomic E-state index is 0.877. The lowest BCUT2D eigenvalue weighted by molar-refractivity contribution is -0.142. The maximum Gasteiger partial charge on any atom is 0.322 e. The van der Waals surface area contributed by atoms with Crippen LogP contribution in [0, 0.1) is 0 Å². The molecule has 1 atom stereocenters. The molecule has 0 aliphatic heterocycles. The Hall–Kier alpha value is -1.75. The molecule has 1 aromatic carbocycles. The van der Waals surface area contributed by atoms with Crippen molar-refractivity contribution >= 4 is 5.97 Å². The van der Waals surface area contributed by atoms with Gasteiger partial charge in [-0.05, 0) is 24.0 Å². The smallest absolute Gasteiger partial charge is 0.322 e. The molecule has 1 aromatic rings. The van der Waals surface area contributed by atoms with Crippen LogP contribution in [-0.2, 0) is 15.9 Å². The van der Waals surface area contributed by atoms with Gasteiger partial charge < -0.3 is 20.7 Å². The number of nitrogens with two attached hydrogens (primary N) is 1. The molecule has 5 nitrogen and oxygen atoms in total. The fraction of sp³-hybridized carbons (Fsp3) is 0.300. The molecule has 0 heterocycles. The number of phenolic OH excluding ortho intramolecular Hbond substituents is 2. The van der Waals surface area contributed by atoms with Crippen LogP contribution < -0.4 is 5.73 Å². The number of phenols is 2. The molecule has 0 spiro atoms. The van der Waals surface area contributed by atoms with Gasteiger partial charge in [-0.15, -0.1) is 0 Å². The van der Waals surface area contributed by atoms with Crippen LogP contribution in [0.2, 0.25) is 0 Å². The summed E-state index contributed by atoms with van der Waals surface area (Å²) in [7, 11) is 0.877. The molecule has 0 amide bonds. The van der Waals surface area contributed by atoms with Crippen LogP contribution in [0.25, 0.3) is 0 Å². The maximum absolute atomic E-state index is 11.5. The molecule has 82 valence electrons. The molecule has 0 fully saturated rings. The second-order valence-corrected chi connectivity index (χ2v) is 2.48. The number of aromatic hydroxyl groups is 2. The quantitative estimate of drug-likeness (QED) is 0.494. The van der Waals surface area contributed by atoms with E-state index < -0.39 is 53.5 Å². The number of carbonyl (C=O) groups is 1. The summed E-state index contributed by atoms with van der Waals surface area (Å²) in [5, 5.41) is 18.8. The van der Waals surface area contributed by atoms with Gasteiger partial charge in [-0.25, -0.2) is 0 Å². The average molecular weight is 217 g/mol. The number of hydrogen-bond donors (Lipinski definition) is 3. The van der Waals surface area contributed by atoms with Gasteiger partial charge in [-0.1, -0.05) is 6.04 Å². The highest BCUT2D eigenvalue weighted by molar-refractivity contribution is 5.75. The number of rotatable bonds is 3. The molecule has 0 saturated heterocycles. The third-order valence-corrected chi connectivity index (χ3v) is 1.44. The van der Waals surface area contributed by atoms with Crippen molar-refractivity contribution in [1.82, 2.24) is 0 Å². The zero-order valence-electron chi connectivity index (χ0n) is 13.8. The fourth-order valence-corrected chi connectivity index (χ4v) is 0.748. The summed E-state index contributed by atoms with van der Waals surface area (Å²) in [5.74, 6) is -3.68. The number of esters is 1. The average Bonchev–Trinajstić information content (AvgIpc) is 2.41. The number of hydrogen-bond acceptors (Lipinski definition) is 5. The molecule has 15 heavy (non-hydrogen) atoms. The predicted molar refractivity (Wildman–Crippen MR) is 53.5 cm³/mol. The van der Waals surface area contributed by atoms with Crippen molar-refractivity contribution in [2.24, 2.45) is 5.73 Å². The van der Waals surface area contributed by atoms with Crippen molar-refractivity contribution in [3.8, 4) is 11.5 Å². The molecule has 0 radical (unpaired) electrons. The van der Waals surface area contributed by atoms with Crippen LogP contribution in [-0.4, -0.2) is 29.3 Å². The number of carbonyl (C=O) groups excluding carboxylic acids is 1. The minimum Gasteiger partial charge on any atom is -0.504 e. The van der Waals surface area contributed by atoms with Crippen LogP contribution in [0.15, 0.2) is 18.1 Å². The van der Waals surface area contributed by atoms with E-state index in [9.17, 15) is 15.0 Å². The Kier molecular flexibility index (Phi) is 1.67. The Morgan fingerprint density at radius 3 is 3.00 bits per heavy atom. The van der Waals surface area contributed by atoms with Gasteiger partial charge in [0.15, 0.2) is 11.5 Å². The van der Waals surface area contributed by atoms with Crippen molar-refractivity contribution in [1.29, 1.82) is 0 Å². The normalized spacial score (nSPS) is 20.9. The molecule has 0 aliphatic rings. The van der Waals surface area contributed by atoms with E-state index in [0.717, 1.165) is 7.11 Å². The van der Waals surface area contributed by atoms with Crippen molar-refractivity contribution in [2.75, 3.05) is 7.11 Å². The summed E-state index contributed by atoms with van der Waals surface area (Å²) in [6, 6.07) is -5.98. The van der Waals surface area contributed by atoms with E-state index in [1.807, 2.05) is 0 Å². The largest absolute Gasteiger partial charge is 0.504 e. The van der Waals surface area contributed by atoms with E-state index in [1.165, 1.54) is 0 Å². The van der Waals surface area contributed by atoms with Crippen molar-refractivity contribution < 1.29 is 28.0 Å². The van der Waals surface area contributed by atoms with E-state index in [-0.39, 0.29) is 0 Å². The maximum atomic E-state index is 11.5. The van der Waals surface area contributed by atoms with Gasteiger partial charge in [0, 0.05) is 2.74 Å². The van der Waals surface area contributed by atoms with Crippen molar-refractivity contribution in [3.63, 3.8) is 0 Å². The van der Waals surface area contributed by atoms with Crippen LogP contribution in [0.5, 0.6) is 11.5 Å². The Labute approximate surface area is 95.5 Å². The van der Waals surface area contributed by atoms with Gasteiger partial charge in [-0.2, -0.15) is 0 Å². The summed E-state index contributed by atoms with van der Waals surface area (Å²) in [4.78, 5) is 11.5. The zero-order chi connectivity index (χ0) is 16.7. The second kappa shape index (κ2) is 4.65. The highest BCUT2D eigenvalue weighted by Crippen LogP contribution is 2.25. The first-order valence-corrected chi connectivity index (χ1v) is 3.80. The van der Waals surface area contributed by atoms with Crippen LogP contribution in [0.3, 0.4) is 0 Å². The Bertz CT molecular complexity index is 575. The lowest BCUT2D eigenvalue weighted by Gasteiger charge is -2.09. The van der Waals surface area contributed by atoms with Gasteiger partial charge in [0.05, 0.1) is 12.6 Å². The molecule has 4 N–H and O–H groups in total. The summed E-state index contributed by atoms with van der Waals surface area (Å²) >= 11 is 0. The summed E-state index contributed by atoms with van der Waals surface area (Å²) in [6.07, 6.45) is -3.13. The van der Waals surface area contributed by atoms with Gasteiger partial charge in [0.2, 0.25) is 0 Å². The van der Waals surface area contributed by atoms with Gasteiger partial charge in [0.25, 0.3) is 0 Å². The lowest BCUT2D eigenvalue weighted by Crippen LogP contribution is -2.33. The molecular weight excluding hydrogens is 198 g/mol. The molecular formula is C10H13NO4. The van der Waals surface area contributed by atoms with Crippen LogP contribution >= 0.6 is 0 Å².